The van der Waals surface area contributed by atoms with Crippen LogP contribution in [0.25, 0.3) is 0 Å². The van der Waals surface area contributed by atoms with Gasteiger partial charge in [-0.05, 0) is 47.5 Å². The maximum atomic E-state index is 12.7. The SMILES string of the molecule is C=C/C=C(\C=C)Nc1cccc(C2(c3cccc(OC(F)F)c3)COC(N)=N2)c1. The van der Waals surface area contributed by atoms with Crippen molar-refractivity contribution in [3.63, 3.8) is 0 Å². The molecule has 0 aromatic heterocycles. The highest BCUT2D eigenvalue weighted by Gasteiger charge is 2.40. The summed E-state index contributed by atoms with van der Waals surface area (Å²) >= 11 is 0. The van der Waals surface area contributed by atoms with E-state index in [0.29, 0.717) is 5.56 Å². The smallest absolute Gasteiger partial charge is 0.387 e. The van der Waals surface area contributed by atoms with Gasteiger partial charge in [-0.3, -0.25) is 0 Å². The Balaban J connectivity index is 2.05. The highest BCUT2D eigenvalue weighted by Crippen LogP contribution is 2.39. The number of halogens is 2. The predicted molar refractivity (Wildman–Crippen MR) is 110 cm³/mol. The number of nitrogens with one attached hydrogen (secondary N) is 1. The molecule has 150 valence electrons. The molecular formula is C22H21F2N3O2. The third-order valence-electron chi connectivity index (χ3n) is 4.41. The van der Waals surface area contributed by atoms with Crippen molar-refractivity contribution in [1.29, 1.82) is 0 Å². The molecule has 1 heterocycles. The van der Waals surface area contributed by atoms with Crippen molar-refractivity contribution < 1.29 is 18.3 Å². The first-order valence-electron chi connectivity index (χ1n) is 8.83. The molecule has 1 atom stereocenters. The van der Waals surface area contributed by atoms with Crippen LogP contribution in [0.1, 0.15) is 11.1 Å². The third kappa shape index (κ3) is 4.45. The van der Waals surface area contributed by atoms with E-state index in [4.69, 9.17) is 10.5 Å². The molecule has 1 aliphatic rings. The Morgan fingerprint density at radius 2 is 1.93 bits per heavy atom. The number of ether oxygens (including phenoxy) is 2. The molecule has 0 aliphatic carbocycles. The number of aliphatic imine (C=N–C) groups is 1. The molecule has 1 aliphatic heterocycles. The van der Waals surface area contributed by atoms with Crippen molar-refractivity contribution in [2.75, 3.05) is 11.9 Å². The molecule has 0 radical (unpaired) electrons. The van der Waals surface area contributed by atoms with Crippen LogP contribution in [0.2, 0.25) is 0 Å². The van der Waals surface area contributed by atoms with E-state index in [-0.39, 0.29) is 18.4 Å². The molecular weight excluding hydrogens is 376 g/mol. The molecule has 3 N–H and O–H groups in total. The van der Waals surface area contributed by atoms with Gasteiger partial charge >= 0.3 is 6.61 Å². The van der Waals surface area contributed by atoms with E-state index in [0.717, 1.165) is 16.9 Å². The summed E-state index contributed by atoms with van der Waals surface area (Å²) in [6, 6.07) is 13.9. The van der Waals surface area contributed by atoms with Gasteiger partial charge in [0.25, 0.3) is 6.02 Å². The lowest BCUT2D eigenvalue weighted by Gasteiger charge is -2.26. The number of nitrogens with zero attached hydrogens (tertiary/aromatic N) is 1. The largest absolute Gasteiger partial charge is 0.462 e. The number of hydrogen-bond acceptors (Lipinski definition) is 5. The molecule has 0 fully saturated rings. The van der Waals surface area contributed by atoms with Crippen LogP contribution < -0.4 is 15.8 Å². The van der Waals surface area contributed by atoms with Gasteiger partial charge in [-0.15, -0.1) is 0 Å². The average molecular weight is 397 g/mol. The second kappa shape index (κ2) is 8.60. The van der Waals surface area contributed by atoms with Crippen molar-refractivity contribution in [3.8, 4) is 5.75 Å². The van der Waals surface area contributed by atoms with Gasteiger partial charge in [0.05, 0.1) is 0 Å². The maximum Gasteiger partial charge on any atom is 0.387 e. The van der Waals surface area contributed by atoms with Crippen LogP contribution in [0, 0.1) is 0 Å². The normalized spacial score (nSPS) is 18.7. The highest BCUT2D eigenvalue weighted by atomic mass is 19.3. The van der Waals surface area contributed by atoms with Gasteiger partial charge in [0.2, 0.25) is 0 Å². The molecule has 0 saturated carbocycles. The summed E-state index contributed by atoms with van der Waals surface area (Å²) in [6.45, 7) is 4.66. The lowest BCUT2D eigenvalue weighted by Crippen LogP contribution is -2.27. The van der Waals surface area contributed by atoms with Gasteiger partial charge in [0.1, 0.15) is 12.4 Å². The van der Waals surface area contributed by atoms with Crippen LogP contribution in [0.5, 0.6) is 5.75 Å². The minimum absolute atomic E-state index is 0.0295. The van der Waals surface area contributed by atoms with Crippen LogP contribution in [0.3, 0.4) is 0 Å². The molecule has 0 saturated heterocycles. The number of benzene rings is 2. The zero-order valence-electron chi connectivity index (χ0n) is 15.6. The minimum Gasteiger partial charge on any atom is -0.462 e. The minimum atomic E-state index is -2.92. The van der Waals surface area contributed by atoms with Crippen molar-refractivity contribution in [2.24, 2.45) is 10.7 Å². The number of hydrogen-bond donors (Lipinski definition) is 2. The summed E-state index contributed by atoms with van der Waals surface area (Å²) in [6.07, 6.45) is 5.11. The van der Waals surface area contributed by atoms with Gasteiger partial charge in [-0.2, -0.15) is 8.78 Å². The van der Waals surface area contributed by atoms with E-state index in [1.165, 1.54) is 12.1 Å². The number of allylic oxidation sites excluding steroid dienone is 3. The fourth-order valence-corrected chi connectivity index (χ4v) is 3.13. The van der Waals surface area contributed by atoms with Crippen LogP contribution in [-0.4, -0.2) is 19.2 Å². The summed E-state index contributed by atoms with van der Waals surface area (Å²) in [5.74, 6) is 0.0367. The maximum absolute atomic E-state index is 12.7. The fraction of sp³-hybridized carbons (Fsp3) is 0.136. The Hall–Kier alpha value is -3.61. The molecule has 0 amide bonds. The Labute approximate surface area is 167 Å². The summed E-state index contributed by atoms with van der Waals surface area (Å²) in [7, 11) is 0. The third-order valence-corrected chi connectivity index (χ3v) is 4.41. The monoisotopic (exact) mass is 397 g/mol. The Bertz CT molecular complexity index is 972. The Kier molecular flexibility index (Phi) is 5.97. The summed E-state index contributed by atoms with van der Waals surface area (Å²) in [5, 5.41) is 3.24. The number of alkyl halides is 2. The van der Waals surface area contributed by atoms with E-state index >= 15 is 0 Å². The van der Waals surface area contributed by atoms with E-state index in [1.807, 2.05) is 24.3 Å². The highest BCUT2D eigenvalue weighted by molar-refractivity contribution is 5.75. The van der Waals surface area contributed by atoms with Crippen molar-refractivity contribution >= 4 is 11.7 Å². The standard InChI is InChI=1S/C22H21F2N3O2/c1-3-7-17(4-2)26-18-10-5-8-15(12-18)22(14-28-21(25)27-22)16-9-6-11-19(13-16)29-20(23)24/h3-13,20,26H,1-2,14H2,(H2,25,27)/b17-7+. The van der Waals surface area contributed by atoms with Crippen LogP contribution in [-0.2, 0) is 10.3 Å². The Morgan fingerprint density at radius 1 is 1.21 bits per heavy atom. The molecule has 1 unspecified atom stereocenters. The molecule has 7 heteroatoms. The quantitative estimate of drug-likeness (QED) is 0.642. The van der Waals surface area contributed by atoms with Gasteiger partial charge in [0.15, 0.2) is 5.54 Å². The second-order valence-electron chi connectivity index (χ2n) is 6.27. The molecule has 2 aromatic rings. The van der Waals surface area contributed by atoms with Crippen LogP contribution in [0.15, 0.2) is 90.6 Å². The van der Waals surface area contributed by atoms with E-state index in [9.17, 15) is 8.78 Å². The van der Waals surface area contributed by atoms with Gasteiger partial charge in [-0.25, -0.2) is 4.99 Å². The second-order valence-corrected chi connectivity index (χ2v) is 6.27. The molecule has 2 aromatic carbocycles. The lowest BCUT2D eigenvalue weighted by atomic mass is 9.84. The molecule has 5 nitrogen and oxygen atoms in total. The summed E-state index contributed by atoms with van der Waals surface area (Å²) in [4.78, 5) is 4.51. The van der Waals surface area contributed by atoms with Gasteiger partial charge < -0.3 is 20.5 Å². The number of anilines is 1. The number of rotatable bonds is 8. The lowest BCUT2D eigenvalue weighted by molar-refractivity contribution is -0.0499. The van der Waals surface area contributed by atoms with Crippen molar-refractivity contribution in [1.82, 2.24) is 0 Å². The zero-order valence-corrected chi connectivity index (χ0v) is 15.6. The van der Waals surface area contributed by atoms with E-state index < -0.39 is 12.2 Å². The first-order chi connectivity index (χ1) is 14.0. The van der Waals surface area contributed by atoms with Crippen LogP contribution >= 0.6 is 0 Å². The first-order valence-corrected chi connectivity index (χ1v) is 8.83. The number of amidine groups is 1. The van der Waals surface area contributed by atoms with Gasteiger partial charge in [-0.1, -0.05) is 43.5 Å². The van der Waals surface area contributed by atoms with E-state index in [1.54, 1.807) is 30.4 Å². The molecule has 0 bridgehead atoms. The summed E-state index contributed by atoms with van der Waals surface area (Å²) < 4.78 is 35.3. The van der Waals surface area contributed by atoms with Gasteiger partial charge in [0, 0.05) is 11.4 Å². The molecule has 3 rings (SSSR count). The van der Waals surface area contributed by atoms with E-state index in [2.05, 4.69) is 28.2 Å². The number of nitrogens with two attached hydrogens (primary N) is 1. The molecule has 0 spiro atoms. The average Bonchev–Trinajstić information content (AvgIpc) is 3.10. The predicted octanol–water partition coefficient (Wildman–Crippen LogP) is 4.54. The first kappa shape index (κ1) is 20.1. The molecule has 29 heavy (non-hydrogen) atoms. The Morgan fingerprint density at radius 3 is 2.55 bits per heavy atom. The summed E-state index contributed by atoms with van der Waals surface area (Å²) in [5.41, 5.74) is 7.78. The van der Waals surface area contributed by atoms with Crippen molar-refractivity contribution in [3.05, 3.63) is 96.7 Å². The fourth-order valence-electron chi connectivity index (χ4n) is 3.13. The zero-order chi connectivity index (χ0) is 20.9. The van der Waals surface area contributed by atoms with Crippen LogP contribution in [0.4, 0.5) is 14.5 Å². The van der Waals surface area contributed by atoms with Crippen molar-refractivity contribution in [2.45, 2.75) is 12.2 Å². The topological polar surface area (TPSA) is 68.9 Å².